The van der Waals surface area contributed by atoms with Crippen molar-refractivity contribution in [2.24, 2.45) is 10.8 Å². The van der Waals surface area contributed by atoms with Crippen LogP contribution >= 0.6 is 11.8 Å². The van der Waals surface area contributed by atoms with Gasteiger partial charge < -0.3 is 15.4 Å². The van der Waals surface area contributed by atoms with E-state index in [-0.39, 0.29) is 17.1 Å². The topological polar surface area (TPSA) is 82.2 Å². The number of fused-ring (bicyclic) bond motifs is 1. The molecule has 1 heterocycles. The molecule has 0 atom stereocenters. The van der Waals surface area contributed by atoms with Gasteiger partial charge in [0.15, 0.2) is 0 Å². The number of carbonyl (C=O) groups excluding carboxylic acids is 1. The Bertz CT molecular complexity index is 1700. The van der Waals surface area contributed by atoms with Crippen LogP contribution in [-0.4, -0.2) is 27.5 Å². The molecule has 4 aliphatic carbocycles. The van der Waals surface area contributed by atoms with Crippen molar-refractivity contribution in [1.29, 1.82) is 0 Å². The molecule has 3 N–H and O–H groups in total. The highest BCUT2D eigenvalue weighted by Crippen LogP contribution is 2.81. The number of aromatic amines is 1. The Labute approximate surface area is 236 Å². The maximum Gasteiger partial charge on any atom is 0.416 e. The highest BCUT2D eigenvalue weighted by atomic mass is 32.2. The molecule has 1 aromatic heterocycles. The number of benzene rings is 3. The number of amides is 1. The van der Waals surface area contributed by atoms with Crippen molar-refractivity contribution in [3.63, 3.8) is 0 Å². The quantitative estimate of drug-likeness (QED) is 0.196. The third-order valence-electron chi connectivity index (χ3n) is 9.21. The first-order valence-corrected chi connectivity index (χ1v) is 14.1. The largest absolute Gasteiger partial charge is 0.481 e. The summed E-state index contributed by atoms with van der Waals surface area (Å²) in [6.07, 6.45) is 0.607. The first-order valence-electron chi connectivity index (χ1n) is 13.3. The SMILES string of the molecule is O=C(NC1(C23CC(C(=O)O)(C2)C3)CC1)c1ccc(-c2ccc(F)cc2)c2[nH]cc(Sc3ccc(C(F)(F)F)cc3)c12. The van der Waals surface area contributed by atoms with Crippen LogP contribution in [0.2, 0.25) is 0 Å². The Hall–Kier alpha value is -3.79. The van der Waals surface area contributed by atoms with Gasteiger partial charge >= 0.3 is 12.1 Å². The molecular weight excluding hydrogens is 556 g/mol. The zero-order chi connectivity index (χ0) is 28.8. The highest BCUT2D eigenvalue weighted by molar-refractivity contribution is 7.99. The minimum absolute atomic E-state index is 0.176. The zero-order valence-corrected chi connectivity index (χ0v) is 22.4. The van der Waals surface area contributed by atoms with Crippen LogP contribution in [0.1, 0.15) is 48.0 Å². The summed E-state index contributed by atoms with van der Waals surface area (Å²) in [6, 6.07) is 14.4. The number of nitrogens with one attached hydrogen (secondary N) is 2. The van der Waals surface area contributed by atoms with E-state index < -0.39 is 28.7 Å². The first kappa shape index (κ1) is 26.1. The lowest BCUT2D eigenvalue weighted by atomic mass is 9.32. The van der Waals surface area contributed by atoms with Crippen molar-refractivity contribution in [3.8, 4) is 11.1 Å². The maximum atomic E-state index is 13.9. The minimum atomic E-state index is -4.44. The number of hydrogen-bond donors (Lipinski definition) is 3. The van der Waals surface area contributed by atoms with E-state index >= 15 is 0 Å². The number of aliphatic carboxylic acids is 1. The number of alkyl halides is 3. The number of rotatable bonds is 7. The van der Waals surface area contributed by atoms with Gasteiger partial charge in [-0.05, 0) is 85.5 Å². The molecule has 8 rings (SSSR count). The van der Waals surface area contributed by atoms with Crippen LogP contribution in [0.4, 0.5) is 17.6 Å². The summed E-state index contributed by atoms with van der Waals surface area (Å²) >= 11 is 1.24. The summed E-state index contributed by atoms with van der Waals surface area (Å²) in [6.45, 7) is 0. The lowest BCUT2D eigenvalue weighted by Gasteiger charge is -2.71. The average Bonchev–Trinajstić information content (AvgIpc) is 3.52. The van der Waals surface area contributed by atoms with Gasteiger partial charge in [0.2, 0.25) is 0 Å². The summed E-state index contributed by atoms with van der Waals surface area (Å²) in [5.74, 6) is -1.42. The third kappa shape index (κ3) is 3.98. The van der Waals surface area contributed by atoms with Crippen LogP contribution < -0.4 is 5.32 Å². The Morgan fingerprint density at radius 2 is 1.59 bits per heavy atom. The molecule has 4 aliphatic rings. The van der Waals surface area contributed by atoms with Crippen LogP contribution in [-0.2, 0) is 11.0 Å². The zero-order valence-electron chi connectivity index (χ0n) is 21.6. The molecule has 2 bridgehead atoms. The fourth-order valence-electron chi connectivity index (χ4n) is 6.92. The molecule has 41 heavy (non-hydrogen) atoms. The average molecular weight is 581 g/mol. The number of carboxylic acids is 1. The number of halogens is 4. The van der Waals surface area contributed by atoms with Crippen molar-refractivity contribution >= 4 is 34.5 Å². The Morgan fingerprint density at radius 1 is 0.927 bits per heavy atom. The van der Waals surface area contributed by atoms with Crippen LogP contribution in [0.25, 0.3) is 22.0 Å². The summed E-state index contributed by atoms with van der Waals surface area (Å²) in [5, 5.41) is 13.4. The number of aromatic nitrogens is 1. The van der Waals surface area contributed by atoms with Crippen LogP contribution in [0, 0.1) is 16.6 Å². The molecule has 0 aliphatic heterocycles. The monoisotopic (exact) mass is 580 g/mol. The van der Waals surface area contributed by atoms with Gasteiger partial charge in [-0.25, -0.2) is 4.39 Å². The molecular formula is C31H24F4N2O3S. The Kier molecular flexibility index (Phi) is 5.49. The van der Waals surface area contributed by atoms with E-state index in [0.717, 1.165) is 36.1 Å². The van der Waals surface area contributed by atoms with Gasteiger partial charge in [-0.1, -0.05) is 30.0 Å². The smallest absolute Gasteiger partial charge is 0.416 e. The molecule has 4 saturated carbocycles. The summed E-state index contributed by atoms with van der Waals surface area (Å²) in [7, 11) is 0. The number of carbonyl (C=O) groups is 2. The highest BCUT2D eigenvalue weighted by Gasteiger charge is 2.81. The number of hydrogen-bond acceptors (Lipinski definition) is 3. The first-order chi connectivity index (χ1) is 19.4. The molecule has 210 valence electrons. The summed E-state index contributed by atoms with van der Waals surface area (Å²) < 4.78 is 52.9. The molecule has 0 saturated heterocycles. The van der Waals surface area contributed by atoms with Gasteiger partial charge in [0.05, 0.1) is 16.5 Å². The van der Waals surface area contributed by atoms with E-state index in [1.165, 1.54) is 36.0 Å². The van der Waals surface area contributed by atoms with Gasteiger partial charge in [0.25, 0.3) is 5.91 Å². The van der Waals surface area contributed by atoms with Gasteiger partial charge in [0.1, 0.15) is 5.82 Å². The second kappa shape index (κ2) is 8.61. The number of H-pyrrole nitrogens is 1. The van der Waals surface area contributed by atoms with E-state index in [2.05, 4.69) is 10.3 Å². The second-order valence-corrected chi connectivity index (χ2v) is 12.7. The predicted molar refractivity (Wildman–Crippen MR) is 145 cm³/mol. The van der Waals surface area contributed by atoms with Crippen molar-refractivity contribution < 1.29 is 32.3 Å². The molecule has 4 aromatic rings. The fraction of sp³-hybridized carbons (Fsp3) is 0.290. The molecule has 10 heteroatoms. The summed E-state index contributed by atoms with van der Waals surface area (Å²) in [4.78, 5) is 30.0. The Balaban J connectivity index is 1.25. The van der Waals surface area contributed by atoms with E-state index in [1.54, 1.807) is 30.5 Å². The van der Waals surface area contributed by atoms with Gasteiger partial charge in [-0.3, -0.25) is 9.59 Å². The van der Waals surface area contributed by atoms with Crippen LogP contribution in [0.3, 0.4) is 0 Å². The molecule has 3 aromatic carbocycles. The summed E-state index contributed by atoms with van der Waals surface area (Å²) in [5.41, 5.74) is 0.572. The predicted octanol–water partition coefficient (Wildman–Crippen LogP) is 7.66. The van der Waals surface area contributed by atoms with Crippen molar-refractivity contribution in [2.75, 3.05) is 0 Å². The molecule has 4 fully saturated rings. The van der Waals surface area contributed by atoms with Gasteiger partial charge in [-0.15, -0.1) is 0 Å². The number of carboxylic acid groups (broad SMARTS) is 1. The van der Waals surface area contributed by atoms with E-state index in [9.17, 15) is 32.3 Å². The Morgan fingerprint density at radius 3 is 2.17 bits per heavy atom. The molecule has 0 unspecified atom stereocenters. The van der Waals surface area contributed by atoms with Crippen molar-refractivity contribution in [2.45, 2.75) is 53.6 Å². The van der Waals surface area contributed by atoms with Gasteiger partial charge in [0, 0.05) is 38.0 Å². The normalized spacial score (nSPS) is 23.9. The van der Waals surface area contributed by atoms with E-state index in [0.29, 0.717) is 45.5 Å². The van der Waals surface area contributed by atoms with Crippen molar-refractivity contribution in [1.82, 2.24) is 10.3 Å². The molecule has 5 nitrogen and oxygen atoms in total. The fourth-order valence-corrected chi connectivity index (χ4v) is 7.87. The lowest BCUT2D eigenvalue weighted by molar-refractivity contribution is -0.236. The van der Waals surface area contributed by atoms with E-state index in [4.69, 9.17) is 0 Å². The van der Waals surface area contributed by atoms with Gasteiger partial charge in [-0.2, -0.15) is 13.2 Å². The lowest BCUT2D eigenvalue weighted by Crippen LogP contribution is -2.73. The molecule has 0 spiro atoms. The molecule has 1 amide bonds. The minimum Gasteiger partial charge on any atom is -0.481 e. The van der Waals surface area contributed by atoms with Crippen LogP contribution in [0.5, 0.6) is 0 Å². The third-order valence-corrected chi connectivity index (χ3v) is 10.3. The molecule has 0 radical (unpaired) electrons. The standard InChI is InChI=1S/C31H24F4N2O3S/c32-19-5-1-17(2-6-19)21-9-10-22(26(38)37-30(11-12-30)29-14-28(15-29,16-29)27(39)40)24-23(13-36-25(21)24)41-20-7-3-18(4-8-20)31(33,34)35/h1-10,13,36H,11-12,14-16H2,(H,37,38)(H,39,40). The maximum absolute atomic E-state index is 13.9. The second-order valence-electron chi connectivity index (χ2n) is 11.6. The van der Waals surface area contributed by atoms with E-state index in [1.807, 2.05) is 0 Å². The van der Waals surface area contributed by atoms with Crippen molar-refractivity contribution in [3.05, 3.63) is 83.8 Å². The van der Waals surface area contributed by atoms with Crippen LogP contribution in [0.15, 0.2) is 76.7 Å².